The SMILES string of the molecule is Cc1cc(N2CC(O)CC2C[n+]2ccccc2)ccc1N. The van der Waals surface area contributed by atoms with Crippen molar-refractivity contribution in [2.75, 3.05) is 17.2 Å². The lowest BCUT2D eigenvalue weighted by molar-refractivity contribution is -0.698. The summed E-state index contributed by atoms with van der Waals surface area (Å²) in [6.07, 6.45) is 4.66. The average molecular weight is 284 g/mol. The monoisotopic (exact) mass is 284 g/mol. The number of hydrogen-bond donors (Lipinski definition) is 2. The van der Waals surface area contributed by atoms with Crippen LogP contribution in [0.1, 0.15) is 12.0 Å². The summed E-state index contributed by atoms with van der Waals surface area (Å²) in [6.45, 7) is 3.58. The largest absolute Gasteiger partial charge is 0.399 e. The van der Waals surface area contributed by atoms with Gasteiger partial charge in [-0.2, -0.15) is 0 Å². The van der Waals surface area contributed by atoms with Crippen molar-refractivity contribution in [1.29, 1.82) is 0 Å². The van der Waals surface area contributed by atoms with Gasteiger partial charge in [-0.05, 0) is 30.7 Å². The maximum Gasteiger partial charge on any atom is 0.168 e. The van der Waals surface area contributed by atoms with Crippen LogP contribution in [0.15, 0.2) is 48.8 Å². The second-order valence-corrected chi connectivity index (χ2v) is 5.81. The first-order valence-electron chi connectivity index (χ1n) is 7.38. The van der Waals surface area contributed by atoms with Crippen LogP contribution in [0.5, 0.6) is 0 Å². The normalized spacial score (nSPS) is 21.7. The van der Waals surface area contributed by atoms with Gasteiger partial charge in [-0.25, -0.2) is 4.57 Å². The molecular formula is C17H22N3O+. The van der Waals surface area contributed by atoms with Gasteiger partial charge in [-0.15, -0.1) is 0 Å². The summed E-state index contributed by atoms with van der Waals surface area (Å²) >= 11 is 0. The van der Waals surface area contributed by atoms with E-state index in [9.17, 15) is 5.11 Å². The number of nitrogens with two attached hydrogens (primary N) is 1. The van der Waals surface area contributed by atoms with Crippen LogP contribution >= 0.6 is 0 Å². The van der Waals surface area contributed by atoms with Gasteiger partial charge >= 0.3 is 0 Å². The maximum atomic E-state index is 10.1. The highest BCUT2D eigenvalue weighted by molar-refractivity contribution is 5.59. The molecule has 1 aromatic heterocycles. The Kier molecular flexibility index (Phi) is 3.80. The molecule has 110 valence electrons. The number of rotatable bonds is 3. The molecule has 0 amide bonds. The molecule has 2 unspecified atom stereocenters. The molecule has 0 saturated carbocycles. The summed E-state index contributed by atoms with van der Waals surface area (Å²) in [5.74, 6) is 0. The number of benzene rings is 1. The minimum atomic E-state index is -0.267. The van der Waals surface area contributed by atoms with Crippen molar-refractivity contribution in [2.24, 2.45) is 0 Å². The summed E-state index contributed by atoms with van der Waals surface area (Å²) in [6, 6.07) is 12.5. The van der Waals surface area contributed by atoms with E-state index in [-0.39, 0.29) is 6.10 Å². The highest BCUT2D eigenvalue weighted by Crippen LogP contribution is 2.28. The van der Waals surface area contributed by atoms with Crippen LogP contribution in [0, 0.1) is 6.92 Å². The molecule has 1 fully saturated rings. The predicted octanol–water partition coefficient (Wildman–Crippen LogP) is 1.50. The van der Waals surface area contributed by atoms with E-state index >= 15 is 0 Å². The second-order valence-electron chi connectivity index (χ2n) is 5.81. The lowest BCUT2D eigenvalue weighted by Crippen LogP contribution is -2.44. The van der Waals surface area contributed by atoms with E-state index in [2.05, 4.69) is 27.9 Å². The first-order chi connectivity index (χ1) is 10.1. The van der Waals surface area contributed by atoms with Crippen molar-refractivity contribution >= 4 is 11.4 Å². The molecule has 2 aromatic rings. The fraction of sp³-hybridized carbons (Fsp3) is 0.353. The van der Waals surface area contributed by atoms with Gasteiger partial charge in [0.2, 0.25) is 0 Å². The number of aliphatic hydroxyl groups is 1. The molecule has 1 saturated heterocycles. The van der Waals surface area contributed by atoms with Gasteiger partial charge in [-0.3, -0.25) is 0 Å². The summed E-state index contributed by atoms with van der Waals surface area (Å²) in [7, 11) is 0. The lowest BCUT2D eigenvalue weighted by Gasteiger charge is -2.25. The summed E-state index contributed by atoms with van der Waals surface area (Å²) in [4.78, 5) is 2.29. The summed E-state index contributed by atoms with van der Waals surface area (Å²) < 4.78 is 2.17. The van der Waals surface area contributed by atoms with Crippen molar-refractivity contribution in [1.82, 2.24) is 0 Å². The van der Waals surface area contributed by atoms with Crippen molar-refractivity contribution in [2.45, 2.75) is 32.0 Å². The Balaban J connectivity index is 1.83. The minimum absolute atomic E-state index is 0.267. The fourth-order valence-electron chi connectivity index (χ4n) is 3.02. The first kappa shape index (κ1) is 13.9. The zero-order valence-corrected chi connectivity index (χ0v) is 12.3. The molecule has 1 aliphatic heterocycles. The molecule has 1 aliphatic rings. The van der Waals surface area contributed by atoms with Crippen LogP contribution in [-0.2, 0) is 6.54 Å². The Bertz CT molecular complexity index is 615. The Morgan fingerprint density at radius 2 is 2.05 bits per heavy atom. The van der Waals surface area contributed by atoms with Gasteiger partial charge in [0.05, 0.1) is 12.1 Å². The van der Waals surface area contributed by atoms with Crippen LogP contribution < -0.4 is 15.2 Å². The third-order valence-electron chi connectivity index (χ3n) is 4.18. The molecule has 0 radical (unpaired) electrons. The van der Waals surface area contributed by atoms with E-state index in [0.29, 0.717) is 12.6 Å². The van der Waals surface area contributed by atoms with E-state index in [1.807, 2.05) is 37.3 Å². The van der Waals surface area contributed by atoms with Gasteiger partial charge in [-0.1, -0.05) is 6.07 Å². The number of hydrogen-bond acceptors (Lipinski definition) is 3. The van der Waals surface area contributed by atoms with Crippen LogP contribution in [0.3, 0.4) is 0 Å². The molecule has 3 rings (SSSR count). The van der Waals surface area contributed by atoms with Crippen LogP contribution in [0.2, 0.25) is 0 Å². The van der Waals surface area contributed by atoms with Crippen molar-refractivity contribution in [3.8, 4) is 0 Å². The molecule has 0 spiro atoms. The minimum Gasteiger partial charge on any atom is -0.399 e. The third-order valence-corrected chi connectivity index (χ3v) is 4.18. The second kappa shape index (κ2) is 5.74. The Labute approximate surface area is 125 Å². The molecule has 0 bridgehead atoms. The van der Waals surface area contributed by atoms with E-state index in [0.717, 1.165) is 29.9 Å². The molecule has 2 atom stereocenters. The van der Waals surface area contributed by atoms with Gasteiger partial charge in [0.25, 0.3) is 0 Å². The number of β-amino-alcohol motifs (C(OH)–C–C–N with tert-alkyl or cyclic N) is 1. The number of nitrogen functional groups attached to an aromatic ring is 1. The molecule has 21 heavy (non-hydrogen) atoms. The number of aliphatic hydroxyl groups excluding tert-OH is 1. The number of nitrogens with zero attached hydrogens (tertiary/aromatic N) is 2. The van der Waals surface area contributed by atoms with Crippen molar-refractivity contribution in [3.63, 3.8) is 0 Å². The van der Waals surface area contributed by atoms with Crippen molar-refractivity contribution in [3.05, 3.63) is 54.4 Å². The molecule has 0 aliphatic carbocycles. The Morgan fingerprint density at radius 3 is 2.76 bits per heavy atom. The Morgan fingerprint density at radius 1 is 1.29 bits per heavy atom. The molecule has 1 aromatic carbocycles. The van der Waals surface area contributed by atoms with Gasteiger partial charge < -0.3 is 15.7 Å². The predicted molar refractivity (Wildman–Crippen MR) is 84.0 cm³/mol. The van der Waals surface area contributed by atoms with Gasteiger partial charge in [0.15, 0.2) is 18.9 Å². The van der Waals surface area contributed by atoms with Crippen LogP contribution in [0.4, 0.5) is 11.4 Å². The number of aromatic nitrogens is 1. The third kappa shape index (κ3) is 3.00. The summed E-state index contributed by atoms with van der Waals surface area (Å²) in [5, 5.41) is 10.1. The number of aryl methyl sites for hydroxylation is 1. The number of pyridine rings is 1. The van der Waals surface area contributed by atoms with Crippen molar-refractivity contribution < 1.29 is 9.67 Å². The molecule has 4 heteroatoms. The van der Waals surface area contributed by atoms with E-state index in [4.69, 9.17) is 5.73 Å². The van der Waals surface area contributed by atoms with Gasteiger partial charge in [0.1, 0.15) is 0 Å². The molecule has 2 heterocycles. The summed E-state index contributed by atoms with van der Waals surface area (Å²) in [5.41, 5.74) is 8.94. The quantitative estimate of drug-likeness (QED) is 0.663. The van der Waals surface area contributed by atoms with E-state index < -0.39 is 0 Å². The van der Waals surface area contributed by atoms with Gasteiger partial charge in [0, 0.05) is 36.5 Å². The van der Waals surface area contributed by atoms with Crippen LogP contribution in [0.25, 0.3) is 0 Å². The zero-order chi connectivity index (χ0) is 14.8. The van der Waals surface area contributed by atoms with E-state index in [1.54, 1.807) is 0 Å². The maximum absolute atomic E-state index is 10.1. The Hall–Kier alpha value is -2.07. The standard InChI is InChI=1S/C17H22N3O/c1-13-9-14(5-6-17(13)18)20-12-16(21)10-15(20)11-19-7-3-2-4-8-19/h2-9,15-16,21H,10-12,18H2,1H3/q+1. The lowest BCUT2D eigenvalue weighted by atomic mass is 10.1. The number of anilines is 2. The smallest absolute Gasteiger partial charge is 0.168 e. The molecule has 3 N–H and O–H groups in total. The zero-order valence-electron chi connectivity index (χ0n) is 12.3. The molecular weight excluding hydrogens is 262 g/mol. The van der Waals surface area contributed by atoms with E-state index in [1.165, 1.54) is 0 Å². The fourth-order valence-corrected chi connectivity index (χ4v) is 3.02. The highest BCUT2D eigenvalue weighted by Gasteiger charge is 2.33. The topological polar surface area (TPSA) is 53.4 Å². The molecule has 4 nitrogen and oxygen atoms in total. The average Bonchev–Trinajstić information content (AvgIpc) is 2.84. The first-order valence-corrected chi connectivity index (χ1v) is 7.38. The van der Waals surface area contributed by atoms with Crippen LogP contribution in [-0.4, -0.2) is 23.8 Å². The highest BCUT2D eigenvalue weighted by atomic mass is 16.3.